The fraction of sp³-hybridized carbons (Fsp3) is 0.316. The molecule has 0 radical (unpaired) electrons. The van der Waals surface area contributed by atoms with Gasteiger partial charge in [-0.1, -0.05) is 18.2 Å². The van der Waals surface area contributed by atoms with Crippen LogP contribution in [0.15, 0.2) is 46.2 Å². The van der Waals surface area contributed by atoms with E-state index >= 15 is 0 Å². The first-order valence-electron chi connectivity index (χ1n) is 8.14. The Hall–Kier alpha value is -2.27. The number of amides is 1. The predicted molar refractivity (Wildman–Crippen MR) is 96.6 cm³/mol. The standard InChI is InChI=1S/C19H21NO3S/c1-3-22-16-8-4-6-14-12-17(23-19(14)16)13(2)20-18(21)10-9-15-7-5-11-24-15/h4-8,11-13H,3,9-10H2,1-2H3,(H,20,21). The molecule has 24 heavy (non-hydrogen) atoms. The molecule has 0 fully saturated rings. The van der Waals surface area contributed by atoms with Gasteiger partial charge in [0.15, 0.2) is 11.3 Å². The van der Waals surface area contributed by atoms with Crippen LogP contribution in [0.2, 0.25) is 0 Å². The van der Waals surface area contributed by atoms with Gasteiger partial charge in [-0.2, -0.15) is 0 Å². The molecule has 0 spiro atoms. The fourth-order valence-corrected chi connectivity index (χ4v) is 3.32. The minimum Gasteiger partial charge on any atom is -0.490 e. The molecule has 3 rings (SSSR count). The summed E-state index contributed by atoms with van der Waals surface area (Å²) in [7, 11) is 0. The van der Waals surface area contributed by atoms with Gasteiger partial charge in [0, 0.05) is 16.7 Å². The number of rotatable bonds is 7. The van der Waals surface area contributed by atoms with E-state index in [0.717, 1.165) is 28.9 Å². The fourth-order valence-electron chi connectivity index (χ4n) is 2.62. The lowest BCUT2D eigenvalue weighted by Gasteiger charge is -2.11. The Bertz CT molecular complexity index is 807. The molecule has 4 nitrogen and oxygen atoms in total. The smallest absolute Gasteiger partial charge is 0.220 e. The number of fused-ring (bicyclic) bond motifs is 1. The van der Waals surface area contributed by atoms with Crippen molar-refractivity contribution in [2.45, 2.75) is 32.7 Å². The molecule has 1 amide bonds. The van der Waals surface area contributed by atoms with Crippen LogP contribution in [0.5, 0.6) is 5.75 Å². The quantitative estimate of drug-likeness (QED) is 0.676. The SMILES string of the molecule is CCOc1cccc2cc(C(C)NC(=O)CCc3cccs3)oc12. The third kappa shape index (κ3) is 3.79. The van der Waals surface area contributed by atoms with E-state index in [1.54, 1.807) is 11.3 Å². The summed E-state index contributed by atoms with van der Waals surface area (Å²) in [6.07, 6.45) is 1.25. The maximum absolute atomic E-state index is 12.1. The number of aryl methyl sites for hydroxylation is 1. The van der Waals surface area contributed by atoms with Crippen LogP contribution in [-0.2, 0) is 11.2 Å². The van der Waals surface area contributed by atoms with Gasteiger partial charge in [0.05, 0.1) is 12.6 Å². The highest BCUT2D eigenvalue weighted by molar-refractivity contribution is 7.09. The zero-order valence-electron chi connectivity index (χ0n) is 13.9. The molecule has 0 aliphatic carbocycles. The van der Waals surface area contributed by atoms with Crippen LogP contribution in [0.3, 0.4) is 0 Å². The van der Waals surface area contributed by atoms with Gasteiger partial charge in [0.2, 0.25) is 5.91 Å². The maximum atomic E-state index is 12.1. The van der Waals surface area contributed by atoms with Gasteiger partial charge in [-0.05, 0) is 43.8 Å². The number of benzene rings is 1. The van der Waals surface area contributed by atoms with E-state index in [2.05, 4.69) is 11.4 Å². The second-order valence-electron chi connectivity index (χ2n) is 5.62. The lowest BCUT2D eigenvalue weighted by Crippen LogP contribution is -2.26. The van der Waals surface area contributed by atoms with E-state index < -0.39 is 0 Å². The molecule has 0 aliphatic heterocycles. The number of para-hydroxylation sites is 1. The molecule has 0 bridgehead atoms. The molecule has 0 saturated heterocycles. The Balaban J connectivity index is 1.66. The number of thiophene rings is 1. The lowest BCUT2D eigenvalue weighted by atomic mass is 10.2. The second-order valence-corrected chi connectivity index (χ2v) is 6.66. The van der Waals surface area contributed by atoms with E-state index in [0.29, 0.717) is 13.0 Å². The van der Waals surface area contributed by atoms with E-state index in [-0.39, 0.29) is 11.9 Å². The van der Waals surface area contributed by atoms with Crippen molar-refractivity contribution >= 4 is 28.2 Å². The van der Waals surface area contributed by atoms with Crippen molar-refractivity contribution in [1.82, 2.24) is 5.32 Å². The topological polar surface area (TPSA) is 51.5 Å². The molecular formula is C19H21NO3S. The first-order valence-corrected chi connectivity index (χ1v) is 9.02. The third-order valence-electron chi connectivity index (χ3n) is 3.81. The minimum atomic E-state index is -0.178. The summed E-state index contributed by atoms with van der Waals surface area (Å²) in [6, 6.07) is 11.7. The van der Waals surface area contributed by atoms with E-state index in [9.17, 15) is 4.79 Å². The van der Waals surface area contributed by atoms with Crippen molar-refractivity contribution in [2.24, 2.45) is 0 Å². The van der Waals surface area contributed by atoms with Crippen LogP contribution < -0.4 is 10.1 Å². The van der Waals surface area contributed by atoms with Gasteiger partial charge in [0.25, 0.3) is 0 Å². The highest BCUT2D eigenvalue weighted by Gasteiger charge is 2.16. The summed E-state index contributed by atoms with van der Waals surface area (Å²) in [5.41, 5.74) is 0.731. The second kappa shape index (κ2) is 7.53. The van der Waals surface area contributed by atoms with Gasteiger partial charge in [-0.3, -0.25) is 4.79 Å². The summed E-state index contributed by atoms with van der Waals surface area (Å²) >= 11 is 1.68. The Kier molecular flexibility index (Phi) is 5.20. The molecule has 3 aromatic rings. The average Bonchev–Trinajstić information content (AvgIpc) is 3.23. The van der Waals surface area contributed by atoms with Crippen LogP contribution in [-0.4, -0.2) is 12.5 Å². The van der Waals surface area contributed by atoms with Crippen molar-refractivity contribution in [3.63, 3.8) is 0 Å². The lowest BCUT2D eigenvalue weighted by molar-refractivity contribution is -0.121. The van der Waals surface area contributed by atoms with Crippen molar-refractivity contribution in [3.05, 3.63) is 52.4 Å². The summed E-state index contributed by atoms with van der Waals surface area (Å²) in [4.78, 5) is 13.4. The van der Waals surface area contributed by atoms with Crippen molar-refractivity contribution in [1.29, 1.82) is 0 Å². The largest absolute Gasteiger partial charge is 0.490 e. The van der Waals surface area contributed by atoms with E-state index in [4.69, 9.17) is 9.15 Å². The van der Waals surface area contributed by atoms with Gasteiger partial charge in [0.1, 0.15) is 5.76 Å². The van der Waals surface area contributed by atoms with Crippen LogP contribution in [0.1, 0.15) is 36.9 Å². The zero-order valence-corrected chi connectivity index (χ0v) is 14.7. The Morgan fingerprint density at radius 1 is 1.33 bits per heavy atom. The Morgan fingerprint density at radius 3 is 2.96 bits per heavy atom. The Labute approximate surface area is 145 Å². The van der Waals surface area contributed by atoms with Gasteiger partial charge >= 0.3 is 0 Å². The average molecular weight is 343 g/mol. The van der Waals surface area contributed by atoms with Gasteiger partial charge < -0.3 is 14.5 Å². The highest BCUT2D eigenvalue weighted by atomic mass is 32.1. The zero-order chi connectivity index (χ0) is 16.9. The van der Waals surface area contributed by atoms with Gasteiger partial charge in [-0.15, -0.1) is 11.3 Å². The van der Waals surface area contributed by atoms with Crippen molar-refractivity contribution in [2.75, 3.05) is 6.61 Å². The van der Waals surface area contributed by atoms with Crippen LogP contribution in [0.4, 0.5) is 0 Å². The summed E-state index contributed by atoms with van der Waals surface area (Å²) in [6.45, 7) is 4.46. The molecule has 2 aromatic heterocycles. The van der Waals surface area contributed by atoms with Crippen LogP contribution in [0.25, 0.3) is 11.0 Å². The maximum Gasteiger partial charge on any atom is 0.220 e. The summed E-state index contributed by atoms with van der Waals surface area (Å²) in [5.74, 6) is 1.50. The normalized spacial score (nSPS) is 12.2. The summed E-state index contributed by atoms with van der Waals surface area (Å²) < 4.78 is 11.5. The molecule has 0 saturated carbocycles. The number of nitrogens with one attached hydrogen (secondary N) is 1. The molecule has 5 heteroatoms. The third-order valence-corrected chi connectivity index (χ3v) is 4.75. The minimum absolute atomic E-state index is 0.0291. The molecule has 1 atom stereocenters. The number of ether oxygens (including phenoxy) is 1. The summed E-state index contributed by atoms with van der Waals surface area (Å²) in [5, 5.41) is 6.01. The number of furan rings is 1. The van der Waals surface area contributed by atoms with E-state index in [1.807, 2.05) is 49.6 Å². The van der Waals surface area contributed by atoms with Crippen molar-refractivity contribution < 1.29 is 13.9 Å². The monoisotopic (exact) mass is 343 g/mol. The molecule has 1 N–H and O–H groups in total. The molecule has 1 aromatic carbocycles. The number of hydrogen-bond acceptors (Lipinski definition) is 4. The van der Waals surface area contributed by atoms with Crippen LogP contribution in [0, 0.1) is 0 Å². The van der Waals surface area contributed by atoms with E-state index in [1.165, 1.54) is 4.88 Å². The van der Waals surface area contributed by atoms with Crippen LogP contribution >= 0.6 is 11.3 Å². The molecule has 2 heterocycles. The highest BCUT2D eigenvalue weighted by Crippen LogP contribution is 2.31. The first-order chi connectivity index (χ1) is 11.7. The molecule has 126 valence electrons. The number of hydrogen-bond donors (Lipinski definition) is 1. The molecular weight excluding hydrogens is 322 g/mol. The molecule has 0 aliphatic rings. The number of carbonyl (C=O) groups is 1. The Morgan fingerprint density at radius 2 is 2.21 bits per heavy atom. The first kappa shape index (κ1) is 16.6. The van der Waals surface area contributed by atoms with Gasteiger partial charge in [-0.25, -0.2) is 0 Å². The number of carbonyl (C=O) groups excluding carboxylic acids is 1. The predicted octanol–water partition coefficient (Wildman–Crippen LogP) is 4.70. The molecule has 1 unspecified atom stereocenters. The van der Waals surface area contributed by atoms with Crippen molar-refractivity contribution in [3.8, 4) is 5.75 Å².